The van der Waals surface area contributed by atoms with E-state index in [0.717, 1.165) is 0 Å². The molecular formula is C20H25N5O5. The van der Waals surface area contributed by atoms with Gasteiger partial charge in [-0.05, 0) is 29.8 Å². The van der Waals surface area contributed by atoms with E-state index >= 15 is 0 Å². The van der Waals surface area contributed by atoms with E-state index < -0.39 is 43.4 Å². The van der Waals surface area contributed by atoms with E-state index in [-0.39, 0.29) is 11.5 Å². The van der Waals surface area contributed by atoms with E-state index in [2.05, 4.69) is 20.6 Å². The average molecular weight is 415 g/mol. The first-order chi connectivity index (χ1) is 14.4. The normalized spacial score (nSPS) is 20.6. The van der Waals surface area contributed by atoms with Crippen molar-refractivity contribution in [1.82, 2.24) is 15.3 Å². The lowest BCUT2D eigenvalue weighted by atomic mass is 9.85. The van der Waals surface area contributed by atoms with Gasteiger partial charge in [0.15, 0.2) is 0 Å². The van der Waals surface area contributed by atoms with Crippen molar-refractivity contribution in [1.29, 1.82) is 0 Å². The van der Waals surface area contributed by atoms with Crippen LogP contribution in [0.4, 0.5) is 11.6 Å². The molecule has 10 heteroatoms. The minimum atomic E-state index is -1.08. The van der Waals surface area contributed by atoms with Gasteiger partial charge in [-0.25, -0.2) is 9.97 Å². The number of nitrogens with zero attached hydrogens (tertiary/aromatic N) is 3. The Kier molecular flexibility index (Phi) is 6.60. The Labute approximate surface area is 173 Å². The maximum Gasteiger partial charge on any atom is 0.251 e. The summed E-state index contributed by atoms with van der Waals surface area (Å²) in [5, 5.41) is 34.9. The zero-order valence-electron chi connectivity index (χ0n) is 16.7. The topological polar surface area (TPSA) is 148 Å². The van der Waals surface area contributed by atoms with E-state index in [1.807, 2.05) is 0 Å². The van der Waals surface area contributed by atoms with Crippen molar-refractivity contribution in [3.8, 4) is 0 Å². The second-order valence-corrected chi connectivity index (χ2v) is 7.17. The summed E-state index contributed by atoms with van der Waals surface area (Å²) in [7, 11) is 0. The molecule has 1 aliphatic heterocycles. The number of benzene rings is 1. The molecule has 0 radical (unpaired) electrons. The number of fused-ring (bicyclic) bond motifs is 1. The average Bonchev–Trinajstić information content (AvgIpc) is 2.75. The Balaban J connectivity index is 2.03. The molecule has 1 aromatic carbocycles. The van der Waals surface area contributed by atoms with Crippen LogP contribution in [0, 0.1) is 5.92 Å². The largest absolute Gasteiger partial charge is 0.394 e. The molecule has 0 bridgehead atoms. The SMILES string of the molecule is CC(=O)N1c2ccc(C(=O)NC(CO)CO)cc2[C@H](Nc2ncccn2)[C@@H](C)[C@@H]1O. The molecule has 30 heavy (non-hydrogen) atoms. The van der Waals surface area contributed by atoms with Crippen LogP contribution in [0.25, 0.3) is 0 Å². The van der Waals surface area contributed by atoms with Crippen molar-refractivity contribution in [2.45, 2.75) is 32.2 Å². The lowest BCUT2D eigenvalue weighted by molar-refractivity contribution is -0.119. The first kappa shape index (κ1) is 21.6. The second kappa shape index (κ2) is 9.16. The van der Waals surface area contributed by atoms with Crippen LogP contribution >= 0.6 is 0 Å². The van der Waals surface area contributed by atoms with E-state index in [4.69, 9.17) is 0 Å². The Morgan fingerprint density at radius 2 is 1.87 bits per heavy atom. The summed E-state index contributed by atoms with van der Waals surface area (Å²) in [6.07, 6.45) is 2.08. The zero-order chi connectivity index (χ0) is 21.8. The predicted molar refractivity (Wildman–Crippen MR) is 109 cm³/mol. The summed E-state index contributed by atoms with van der Waals surface area (Å²) in [4.78, 5) is 34.4. The van der Waals surface area contributed by atoms with Crippen LogP contribution in [0.5, 0.6) is 0 Å². The molecule has 2 aromatic rings. The standard InChI is InChI=1S/C20H25N5O5/c1-11-17(24-20-21-6-3-7-22-20)15-8-13(18(29)23-14(9-26)10-27)4-5-16(15)25(12(2)28)19(11)30/h3-8,11,14,17,19,26-27,30H,9-10H2,1-2H3,(H,23,29)(H,21,22,24)/t11-,17-,19+/m1/s1. The van der Waals surface area contributed by atoms with Gasteiger partial charge in [-0.15, -0.1) is 0 Å². The summed E-state index contributed by atoms with van der Waals surface area (Å²) >= 11 is 0. The molecule has 2 amide bonds. The molecule has 3 rings (SSSR count). The minimum Gasteiger partial charge on any atom is -0.394 e. The van der Waals surface area contributed by atoms with Crippen molar-refractivity contribution >= 4 is 23.5 Å². The van der Waals surface area contributed by atoms with Crippen LogP contribution in [-0.4, -0.2) is 62.6 Å². The van der Waals surface area contributed by atoms with E-state index in [9.17, 15) is 24.9 Å². The molecular weight excluding hydrogens is 390 g/mol. The van der Waals surface area contributed by atoms with Crippen LogP contribution in [0.3, 0.4) is 0 Å². The van der Waals surface area contributed by atoms with Crippen molar-refractivity contribution in [2.24, 2.45) is 5.92 Å². The summed E-state index contributed by atoms with van der Waals surface area (Å²) in [5.41, 5.74) is 1.38. The number of nitrogens with one attached hydrogen (secondary N) is 2. The van der Waals surface area contributed by atoms with E-state index in [0.29, 0.717) is 17.2 Å². The van der Waals surface area contributed by atoms with Crippen molar-refractivity contribution in [3.05, 3.63) is 47.8 Å². The number of amides is 2. The first-order valence-corrected chi connectivity index (χ1v) is 9.55. The number of aliphatic hydroxyl groups excluding tert-OH is 3. The first-order valence-electron chi connectivity index (χ1n) is 9.55. The summed E-state index contributed by atoms with van der Waals surface area (Å²) < 4.78 is 0. The molecule has 160 valence electrons. The second-order valence-electron chi connectivity index (χ2n) is 7.17. The number of anilines is 2. The highest BCUT2D eigenvalue weighted by molar-refractivity contribution is 5.98. The van der Waals surface area contributed by atoms with E-state index in [1.54, 1.807) is 37.5 Å². The number of hydrogen-bond acceptors (Lipinski definition) is 8. The zero-order valence-corrected chi connectivity index (χ0v) is 16.7. The molecule has 0 saturated carbocycles. The molecule has 2 heterocycles. The highest BCUT2D eigenvalue weighted by atomic mass is 16.3. The number of carbonyl (C=O) groups excluding carboxylic acids is 2. The Bertz CT molecular complexity index is 906. The maximum absolute atomic E-state index is 12.6. The van der Waals surface area contributed by atoms with Crippen LogP contribution in [0.15, 0.2) is 36.7 Å². The fraction of sp³-hybridized carbons (Fsp3) is 0.400. The summed E-state index contributed by atoms with van der Waals surface area (Å²) in [6, 6.07) is 5.15. The van der Waals surface area contributed by atoms with Gasteiger partial charge in [0, 0.05) is 30.8 Å². The molecule has 1 aromatic heterocycles. The quantitative estimate of drug-likeness (QED) is 0.444. The van der Waals surface area contributed by atoms with Gasteiger partial charge in [-0.1, -0.05) is 6.92 Å². The van der Waals surface area contributed by atoms with Gasteiger partial charge in [0.25, 0.3) is 5.91 Å². The van der Waals surface area contributed by atoms with Gasteiger partial charge in [0.1, 0.15) is 6.23 Å². The monoisotopic (exact) mass is 415 g/mol. The molecule has 0 saturated heterocycles. The maximum atomic E-state index is 12.6. The van der Waals surface area contributed by atoms with Crippen LogP contribution in [-0.2, 0) is 4.79 Å². The lowest BCUT2D eigenvalue weighted by Gasteiger charge is -2.42. The number of hydrogen-bond donors (Lipinski definition) is 5. The number of carbonyl (C=O) groups is 2. The highest BCUT2D eigenvalue weighted by Gasteiger charge is 2.40. The fourth-order valence-electron chi connectivity index (χ4n) is 3.49. The van der Waals surface area contributed by atoms with Crippen molar-refractivity contribution < 1.29 is 24.9 Å². The summed E-state index contributed by atoms with van der Waals surface area (Å²) in [5.74, 6) is -0.901. The van der Waals surface area contributed by atoms with Gasteiger partial charge in [-0.3, -0.25) is 14.5 Å². The Hall–Kier alpha value is -3.08. The number of aliphatic hydroxyl groups is 3. The Morgan fingerprint density at radius 3 is 2.47 bits per heavy atom. The van der Waals surface area contributed by atoms with Gasteiger partial charge in [0.2, 0.25) is 11.9 Å². The van der Waals surface area contributed by atoms with Crippen LogP contribution in [0.2, 0.25) is 0 Å². The number of aromatic nitrogens is 2. The van der Waals surface area contributed by atoms with Crippen LogP contribution in [0.1, 0.15) is 35.8 Å². The molecule has 10 nitrogen and oxygen atoms in total. The molecule has 5 N–H and O–H groups in total. The van der Waals surface area contributed by atoms with Crippen molar-refractivity contribution in [3.63, 3.8) is 0 Å². The third-order valence-electron chi connectivity index (χ3n) is 5.11. The third-order valence-corrected chi connectivity index (χ3v) is 5.11. The third kappa shape index (κ3) is 4.25. The molecule has 0 unspecified atom stereocenters. The fourth-order valence-corrected chi connectivity index (χ4v) is 3.49. The summed E-state index contributed by atoms with van der Waals surface area (Å²) in [6.45, 7) is 2.35. The van der Waals surface area contributed by atoms with Gasteiger partial charge in [-0.2, -0.15) is 0 Å². The molecule has 3 atom stereocenters. The van der Waals surface area contributed by atoms with Gasteiger partial charge in [0.05, 0.1) is 31.0 Å². The molecule has 1 aliphatic rings. The minimum absolute atomic E-state index is 0.286. The van der Waals surface area contributed by atoms with Crippen molar-refractivity contribution in [2.75, 3.05) is 23.4 Å². The van der Waals surface area contributed by atoms with Gasteiger partial charge >= 0.3 is 0 Å². The van der Waals surface area contributed by atoms with E-state index in [1.165, 1.54) is 17.9 Å². The Morgan fingerprint density at radius 1 is 1.20 bits per heavy atom. The van der Waals surface area contributed by atoms with Crippen LogP contribution < -0.4 is 15.5 Å². The highest BCUT2D eigenvalue weighted by Crippen LogP contribution is 2.41. The molecule has 0 fully saturated rings. The number of rotatable bonds is 6. The smallest absolute Gasteiger partial charge is 0.251 e. The lowest BCUT2D eigenvalue weighted by Crippen LogP contribution is -2.50. The molecule has 0 aliphatic carbocycles. The van der Waals surface area contributed by atoms with Gasteiger partial charge < -0.3 is 26.0 Å². The predicted octanol–water partition coefficient (Wildman–Crippen LogP) is 0.0338. The molecule has 0 spiro atoms.